The van der Waals surface area contributed by atoms with Gasteiger partial charge >= 0.3 is 0 Å². The Morgan fingerprint density at radius 3 is 3.05 bits per heavy atom. The van der Waals surface area contributed by atoms with Crippen LogP contribution in [0.3, 0.4) is 0 Å². The minimum absolute atomic E-state index is 0.0402. The molecule has 2 heterocycles. The molecule has 1 N–H and O–H groups in total. The average molecular weight is 268 g/mol. The second-order valence-electron chi connectivity index (χ2n) is 4.65. The van der Waals surface area contributed by atoms with E-state index in [9.17, 15) is 9.18 Å². The third-order valence-corrected chi connectivity index (χ3v) is 2.78. The standard InChI is InChI=1S/C12H17FN4O2/c1-8(2)16-12(18)9-6-19-4-3-17(9)11-5-10(13)14-7-15-11/h5,7-9H,3-4,6H2,1-2H3,(H,16,18). The van der Waals surface area contributed by atoms with Crippen LogP contribution in [-0.2, 0) is 9.53 Å². The van der Waals surface area contributed by atoms with Crippen molar-refractivity contribution in [3.05, 3.63) is 18.3 Å². The minimum atomic E-state index is -0.612. The number of anilines is 1. The first kappa shape index (κ1) is 13.7. The van der Waals surface area contributed by atoms with Crippen molar-refractivity contribution in [3.63, 3.8) is 0 Å². The first-order chi connectivity index (χ1) is 9.08. The van der Waals surface area contributed by atoms with Gasteiger partial charge in [-0.3, -0.25) is 4.79 Å². The number of rotatable bonds is 3. The third kappa shape index (κ3) is 3.37. The highest BCUT2D eigenvalue weighted by Crippen LogP contribution is 2.17. The van der Waals surface area contributed by atoms with Crippen molar-refractivity contribution < 1.29 is 13.9 Å². The van der Waals surface area contributed by atoms with Gasteiger partial charge in [-0.15, -0.1) is 0 Å². The molecule has 19 heavy (non-hydrogen) atoms. The van der Waals surface area contributed by atoms with Crippen molar-refractivity contribution in [2.45, 2.75) is 25.9 Å². The SMILES string of the molecule is CC(C)NC(=O)C1COCCN1c1cc(F)ncn1. The molecule has 1 saturated heterocycles. The molecule has 2 rings (SSSR count). The van der Waals surface area contributed by atoms with Crippen molar-refractivity contribution in [1.82, 2.24) is 15.3 Å². The fraction of sp³-hybridized carbons (Fsp3) is 0.583. The van der Waals surface area contributed by atoms with Crippen LogP contribution < -0.4 is 10.2 Å². The number of ether oxygens (including phenoxy) is 1. The lowest BCUT2D eigenvalue weighted by atomic mass is 10.2. The summed E-state index contributed by atoms with van der Waals surface area (Å²) in [7, 11) is 0. The van der Waals surface area contributed by atoms with Gasteiger partial charge in [0.2, 0.25) is 11.9 Å². The van der Waals surface area contributed by atoms with E-state index in [1.807, 2.05) is 13.8 Å². The maximum Gasteiger partial charge on any atom is 0.245 e. The normalized spacial score (nSPS) is 19.6. The fourth-order valence-electron chi connectivity index (χ4n) is 1.96. The van der Waals surface area contributed by atoms with Crippen LogP contribution in [0, 0.1) is 5.95 Å². The molecule has 0 radical (unpaired) electrons. The van der Waals surface area contributed by atoms with Gasteiger partial charge in [-0.1, -0.05) is 0 Å². The highest BCUT2D eigenvalue weighted by atomic mass is 19.1. The Balaban J connectivity index is 2.18. The Hall–Kier alpha value is -1.76. The van der Waals surface area contributed by atoms with Gasteiger partial charge in [0.1, 0.15) is 18.2 Å². The Morgan fingerprint density at radius 1 is 1.58 bits per heavy atom. The second-order valence-corrected chi connectivity index (χ2v) is 4.65. The van der Waals surface area contributed by atoms with Gasteiger partial charge in [-0.2, -0.15) is 4.39 Å². The molecule has 1 aromatic rings. The molecule has 0 aromatic carbocycles. The summed E-state index contributed by atoms with van der Waals surface area (Å²) in [5.74, 6) is -0.354. The van der Waals surface area contributed by atoms with Crippen molar-refractivity contribution in [2.24, 2.45) is 0 Å². The van der Waals surface area contributed by atoms with Crippen LogP contribution in [0.25, 0.3) is 0 Å². The van der Waals surface area contributed by atoms with Crippen LogP contribution in [0.2, 0.25) is 0 Å². The van der Waals surface area contributed by atoms with Crippen molar-refractivity contribution in [3.8, 4) is 0 Å². The second kappa shape index (κ2) is 5.92. The quantitative estimate of drug-likeness (QED) is 0.801. The Morgan fingerprint density at radius 2 is 2.37 bits per heavy atom. The average Bonchev–Trinajstić information content (AvgIpc) is 2.38. The van der Waals surface area contributed by atoms with Crippen LogP contribution in [-0.4, -0.2) is 47.7 Å². The van der Waals surface area contributed by atoms with Gasteiger partial charge in [0.25, 0.3) is 0 Å². The minimum Gasteiger partial charge on any atom is -0.377 e. The lowest BCUT2D eigenvalue weighted by Crippen LogP contribution is -2.55. The van der Waals surface area contributed by atoms with Crippen LogP contribution in [0.5, 0.6) is 0 Å². The number of hydrogen-bond acceptors (Lipinski definition) is 5. The number of aromatic nitrogens is 2. The number of morpholine rings is 1. The largest absolute Gasteiger partial charge is 0.377 e. The zero-order chi connectivity index (χ0) is 13.8. The molecule has 0 spiro atoms. The first-order valence-corrected chi connectivity index (χ1v) is 6.20. The molecular weight excluding hydrogens is 251 g/mol. The van der Waals surface area contributed by atoms with E-state index >= 15 is 0 Å². The van der Waals surface area contributed by atoms with Crippen molar-refractivity contribution in [1.29, 1.82) is 0 Å². The molecule has 0 bridgehead atoms. The van der Waals surface area contributed by atoms with Crippen molar-refractivity contribution in [2.75, 3.05) is 24.7 Å². The van der Waals surface area contributed by atoms with Gasteiger partial charge in [-0.05, 0) is 13.8 Å². The van der Waals surface area contributed by atoms with E-state index in [0.29, 0.717) is 19.0 Å². The monoisotopic (exact) mass is 268 g/mol. The van der Waals surface area contributed by atoms with E-state index in [2.05, 4.69) is 15.3 Å². The number of hydrogen-bond donors (Lipinski definition) is 1. The molecule has 104 valence electrons. The molecule has 0 saturated carbocycles. The van der Waals surface area contributed by atoms with Crippen LogP contribution in [0.15, 0.2) is 12.4 Å². The zero-order valence-electron chi connectivity index (χ0n) is 11.0. The summed E-state index contributed by atoms with van der Waals surface area (Å²) in [6, 6.07) is 0.768. The van der Waals surface area contributed by atoms with Crippen molar-refractivity contribution >= 4 is 11.7 Å². The molecule has 1 aliphatic heterocycles. The molecule has 7 heteroatoms. The molecule has 1 unspecified atom stereocenters. The first-order valence-electron chi connectivity index (χ1n) is 6.20. The summed E-state index contributed by atoms with van der Waals surface area (Å²) in [6.45, 7) is 5.01. The maximum atomic E-state index is 13.2. The summed E-state index contributed by atoms with van der Waals surface area (Å²) >= 11 is 0. The maximum absolute atomic E-state index is 13.2. The summed E-state index contributed by atoms with van der Waals surface area (Å²) in [5.41, 5.74) is 0. The lowest BCUT2D eigenvalue weighted by Gasteiger charge is -2.35. The van der Waals surface area contributed by atoms with Gasteiger partial charge in [-0.25, -0.2) is 9.97 Å². The van der Waals surface area contributed by atoms with E-state index in [4.69, 9.17) is 4.74 Å². The number of nitrogens with one attached hydrogen (secondary N) is 1. The number of amides is 1. The molecule has 1 atom stereocenters. The highest BCUT2D eigenvalue weighted by molar-refractivity contribution is 5.85. The summed E-state index contributed by atoms with van der Waals surface area (Å²) < 4.78 is 18.5. The summed E-state index contributed by atoms with van der Waals surface area (Å²) in [4.78, 5) is 21.3. The molecule has 6 nitrogen and oxygen atoms in total. The van der Waals surface area contributed by atoms with E-state index in [0.717, 1.165) is 6.33 Å². The van der Waals surface area contributed by atoms with Crippen LogP contribution in [0.1, 0.15) is 13.8 Å². The molecule has 0 aliphatic carbocycles. The van der Waals surface area contributed by atoms with E-state index < -0.39 is 12.0 Å². The van der Waals surface area contributed by atoms with Crippen LogP contribution in [0.4, 0.5) is 10.2 Å². The molecule has 1 amide bonds. The summed E-state index contributed by atoms with van der Waals surface area (Å²) in [6.07, 6.45) is 1.15. The van der Waals surface area contributed by atoms with Gasteiger partial charge < -0.3 is 15.0 Å². The zero-order valence-corrected chi connectivity index (χ0v) is 11.0. The third-order valence-electron chi connectivity index (χ3n) is 2.78. The van der Waals surface area contributed by atoms with Gasteiger partial charge in [0.15, 0.2) is 0 Å². The predicted molar refractivity (Wildman–Crippen MR) is 67.2 cm³/mol. The molecule has 1 aromatic heterocycles. The predicted octanol–water partition coefficient (Wildman–Crippen LogP) is 0.345. The Kier molecular flexibility index (Phi) is 4.26. The summed E-state index contributed by atoms with van der Waals surface area (Å²) in [5, 5.41) is 2.83. The highest BCUT2D eigenvalue weighted by Gasteiger charge is 2.30. The Labute approximate surface area is 111 Å². The van der Waals surface area contributed by atoms with E-state index in [1.54, 1.807) is 4.90 Å². The van der Waals surface area contributed by atoms with Crippen LogP contribution >= 0.6 is 0 Å². The van der Waals surface area contributed by atoms with Gasteiger partial charge in [0.05, 0.1) is 13.2 Å². The molecular formula is C12H17FN4O2. The lowest BCUT2D eigenvalue weighted by molar-refractivity contribution is -0.125. The fourth-order valence-corrected chi connectivity index (χ4v) is 1.96. The number of carbonyl (C=O) groups excluding carboxylic acids is 1. The topological polar surface area (TPSA) is 67.3 Å². The van der Waals surface area contributed by atoms with E-state index in [1.165, 1.54) is 6.07 Å². The Bertz CT molecular complexity index is 455. The number of carbonyl (C=O) groups is 1. The molecule has 1 aliphatic rings. The number of halogens is 1. The number of nitrogens with zero attached hydrogens (tertiary/aromatic N) is 3. The molecule has 1 fully saturated rings. The smallest absolute Gasteiger partial charge is 0.245 e. The van der Waals surface area contributed by atoms with Gasteiger partial charge in [0, 0.05) is 18.7 Å². The van der Waals surface area contributed by atoms with E-state index in [-0.39, 0.29) is 18.6 Å².